The molecule has 0 aromatic heterocycles. The second kappa shape index (κ2) is 9.03. The van der Waals surface area contributed by atoms with Gasteiger partial charge in [0.1, 0.15) is 18.5 Å². The Labute approximate surface area is 128 Å². The molecule has 0 heterocycles. The second-order valence-corrected chi connectivity index (χ2v) is 5.83. The van der Waals surface area contributed by atoms with Crippen molar-refractivity contribution in [3.05, 3.63) is 29.3 Å². The molecule has 0 bridgehead atoms. The van der Waals surface area contributed by atoms with Gasteiger partial charge < -0.3 is 20.3 Å². The van der Waals surface area contributed by atoms with Crippen molar-refractivity contribution in [2.75, 3.05) is 19.8 Å². The molecule has 0 aliphatic heterocycles. The lowest BCUT2D eigenvalue weighted by molar-refractivity contribution is 0.0994. The first kappa shape index (κ1) is 18.0. The highest BCUT2D eigenvalue weighted by Gasteiger charge is 2.10. The third kappa shape index (κ3) is 6.04. The van der Waals surface area contributed by atoms with Crippen molar-refractivity contribution in [1.29, 1.82) is 0 Å². The molecule has 120 valence electrons. The van der Waals surface area contributed by atoms with E-state index in [-0.39, 0.29) is 19.3 Å². The van der Waals surface area contributed by atoms with Crippen LogP contribution in [-0.4, -0.2) is 42.1 Å². The van der Waals surface area contributed by atoms with Crippen LogP contribution in [0.3, 0.4) is 0 Å². The maximum absolute atomic E-state index is 9.89. The summed E-state index contributed by atoms with van der Waals surface area (Å²) in [5.74, 6) is 1.28. The minimum Gasteiger partial charge on any atom is -0.491 e. The molecule has 0 saturated heterocycles. The highest BCUT2D eigenvalue weighted by atomic mass is 16.5. The molecule has 1 aromatic carbocycles. The third-order valence-corrected chi connectivity index (χ3v) is 3.66. The fourth-order valence-corrected chi connectivity index (χ4v) is 2.28. The lowest BCUT2D eigenvalue weighted by atomic mass is 9.98. The van der Waals surface area contributed by atoms with Crippen molar-refractivity contribution >= 4 is 0 Å². The minimum atomic E-state index is -0.587. The smallest absolute Gasteiger partial charge is 0.119 e. The quantitative estimate of drug-likeness (QED) is 0.654. The Morgan fingerprint density at radius 3 is 2.52 bits per heavy atom. The van der Waals surface area contributed by atoms with Crippen LogP contribution in [0.5, 0.6) is 5.75 Å². The van der Waals surface area contributed by atoms with E-state index in [1.165, 1.54) is 11.1 Å². The molecule has 0 unspecified atom stereocenters. The monoisotopic (exact) mass is 295 g/mol. The SMILES string of the molecule is CC[C@H](CO)NC[C@@H](O)COc1ccc(C(C)C)c(C)c1. The van der Waals surface area contributed by atoms with Gasteiger partial charge in [0.05, 0.1) is 6.61 Å². The molecule has 4 nitrogen and oxygen atoms in total. The number of aryl methyl sites for hydroxylation is 1. The van der Waals surface area contributed by atoms with Gasteiger partial charge >= 0.3 is 0 Å². The normalized spacial score (nSPS) is 14.2. The third-order valence-electron chi connectivity index (χ3n) is 3.66. The Hall–Kier alpha value is -1.10. The topological polar surface area (TPSA) is 61.7 Å². The Bertz CT molecular complexity index is 416. The largest absolute Gasteiger partial charge is 0.491 e. The predicted molar refractivity (Wildman–Crippen MR) is 85.9 cm³/mol. The summed E-state index contributed by atoms with van der Waals surface area (Å²) in [6, 6.07) is 6.08. The van der Waals surface area contributed by atoms with Gasteiger partial charge in [-0.3, -0.25) is 0 Å². The van der Waals surface area contributed by atoms with Gasteiger partial charge in [0, 0.05) is 12.6 Å². The molecule has 0 fully saturated rings. The molecule has 0 aliphatic rings. The van der Waals surface area contributed by atoms with Crippen LogP contribution in [0, 0.1) is 6.92 Å². The van der Waals surface area contributed by atoms with Crippen LogP contribution in [0.25, 0.3) is 0 Å². The first-order valence-corrected chi connectivity index (χ1v) is 7.73. The summed E-state index contributed by atoms with van der Waals surface area (Å²) in [6.45, 7) is 9.16. The molecule has 1 aromatic rings. The first-order valence-electron chi connectivity index (χ1n) is 7.73. The lowest BCUT2D eigenvalue weighted by Gasteiger charge is -2.18. The van der Waals surface area contributed by atoms with E-state index in [4.69, 9.17) is 9.84 Å². The Balaban J connectivity index is 2.42. The highest BCUT2D eigenvalue weighted by molar-refractivity contribution is 5.36. The zero-order valence-electron chi connectivity index (χ0n) is 13.6. The van der Waals surface area contributed by atoms with Crippen LogP contribution >= 0.6 is 0 Å². The summed E-state index contributed by atoms with van der Waals surface area (Å²) in [5.41, 5.74) is 2.53. The summed E-state index contributed by atoms with van der Waals surface area (Å²) in [5, 5.41) is 22.1. The summed E-state index contributed by atoms with van der Waals surface area (Å²) in [6.07, 6.45) is 0.246. The lowest BCUT2D eigenvalue weighted by Crippen LogP contribution is -2.39. The van der Waals surface area contributed by atoms with Crippen molar-refractivity contribution in [2.24, 2.45) is 0 Å². The zero-order chi connectivity index (χ0) is 15.8. The fourth-order valence-electron chi connectivity index (χ4n) is 2.28. The molecular weight excluding hydrogens is 266 g/mol. The van der Waals surface area contributed by atoms with E-state index in [9.17, 15) is 5.11 Å². The van der Waals surface area contributed by atoms with Crippen molar-refractivity contribution in [3.8, 4) is 5.75 Å². The molecule has 3 N–H and O–H groups in total. The Morgan fingerprint density at radius 2 is 2.00 bits per heavy atom. The van der Waals surface area contributed by atoms with Crippen molar-refractivity contribution in [2.45, 2.75) is 52.2 Å². The van der Waals surface area contributed by atoms with Gasteiger partial charge in [-0.2, -0.15) is 0 Å². The van der Waals surface area contributed by atoms with Crippen LogP contribution in [0.2, 0.25) is 0 Å². The van der Waals surface area contributed by atoms with Gasteiger partial charge in [0.25, 0.3) is 0 Å². The van der Waals surface area contributed by atoms with Crippen molar-refractivity contribution in [3.63, 3.8) is 0 Å². The number of aliphatic hydroxyl groups is 2. The standard InChI is InChI=1S/C17H29NO3/c1-5-14(10-19)18-9-15(20)11-21-16-6-7-17(12(2)3)13(4)8-16/h6-8,12,14-15,18-20H,5,9-11H2,1-4H3/t14-,15-/m1/s1. The van der Waals surface area contributed by atoms with E-state index in [0.29, 0.717) is 12.5 Å². The molecular formula is C17H29NO3. The molecule has 0 saturated carbocycles. The van der Waals surface area contributed by atoms with Gasteiger partial charge in [0.15, 0.2) is 0 Å². The second-order valence-electron chi connectivity index (χ2n) is 5.83. The maximum Gasteiger partial charge on any atom is 0.119 e. The minimum absolute atomic E-state index is 0.0345. The molecule has 0 aliphatic carbocycles. The van der Waals surface area contributed by atoms with Gasteiger partial charge in [0.2, 0.25) is 0 Å². The van der Waals surface area contributed by atoms with Gasteiger partial charge in [-0.25, -0.2) is 0 Å². The summed E-state index contributed by atoms with van der Waals surface area (Å²) in [4.78, 5) is 0. The molecule has 1 rings (SSSR count). The van der Waals surface area contributed by atoms with E-state index in [0.717, 1.165) is 12.2 Å². The van der Waals surface area contributed by atoms with Crippen molar-refractivity contribution in [1.82, 2.24) is 5.32 Å². The fraction of sp³-hybridized carbons (Fsp3) is 0.647. The molecule has 0 radical (unpaired) electrons. The molecule has 4 heteroatoms. The van der Waals surface area contributed by atoms with Crippen LogP contribution in [0.4, 0.5) is 0 Å². The first-order chi connectivity index (χ1) is 9.97. The molecule has 21 heavy (non-hydrogen) atoms. The van der Waals surface area contributed by atoms with E-state index in [1.54, 1.807) is 0 Å². The van der Waals surface area contributed by atoms with E-state index < -0.39 is 6.10 Å². The summed E-state index contributed by atoms with van der Waals surface area (Å²) >= 11 is 0. The number of nitrogens with one attached hydrogen (secondary N) is 1. The van der Waals surface area contributed by atoms with Crippen LogP contribution in [0.15, 0.2) is 18.2 Å². The maximum atomic E-state index is 9.89. The summed E-state index contributed by atoms with van der Waals surface area (Å²) < 4.78 is 5.63. The zero-order valence-corrected chi connectivity index (χ0v) is 13.6. The number of ether oxygens (including phenoxy) is 1. The van der Waals surface area contributed by atoms with Crippen LogP contribution in [-0.2, 0) is 0 Å². The van der Waals surface area contributed by atoms with Crippen LogP contribution < -0.4 is 10.1 Å². The van der Waals surface area contributed by atoms with Crippen LogP contribution in [0.1, 0.15) is 44.2 Å². The van der Waals surface area contributed by atoms with E-state index >= 15 is 0 Å². The van der Waals surface area contributed by atoms with E-state index in [1.807, 2.05) is 19.1 Å². The number of hydrogen-bond donors (Lipinski definition) is 3. The van der Waals surface area contributed by atoms with Gasteiger partial charge in [-0.15, -0.1) is 0 Å². The molecule has 0 amide bonds. The number of benzene rings is 1. The molecule has 2 atom stereocenters. The van der Waals surface area contributed by atoms with Crippen molar-refractivity contribution < 1.29 is 14.9 Å². The average Bonchev–Trinajstić information content (AvgIpc) is 2.45. The number of aliphatic hydroxyl groups excluding tert-OH is 2. The Morgan fingerprint density at radius 1 is 1.29 bits per heavy atom. The predicted octanol–water partition coefficient (Wildman–Crippen LogP) is 2.22. The van der Waals surface area contributed by atoms with E-state index in [2.05, 4.69) is 32.2 Å². The van der Waals surface area contributed by atoms with Gasteiger partial charge in [-0.05, 0) is 42.5 Å². The number of rotatable bonds is 9. The average molecular weight is 295 g/mol. The summed E-state index contributed by atoms with van der Waals surface area (Å²) in [7, 11) is 0. The molecule has 0 spiro atoms. The Kier molecular flexibility index (Phi) is 7.72. The highest BCUT2D eigenvalue weighted by Crippen LogP contribution is 2.23. The number of hydrogen-bond acceptors (Lipinski definition) is 4. The van der Waals surface area contributed by atoms with Gasteiger partial charge in [-0.1, -0.05) is 26.8 Å².